The van der Waals surface area contributed by atoms with Gasteiger partial charge in [0.15, 0.2) is 5.60 Å². The largest absolute Gasteiger partial charge is 0.481 e. The first kappa shape index (κ1) is 31.6. The summed E-state index contributed by atoms with van der Waals surface area (Å²) in [5.74, 6) is -2.16. The Hall–Kier alpha value is -5.40. The smallest absolute Gasteiger partial charge is 0.407 e. The highest BCUT2D eigenvalue weighted by Gasteiger charge is 2.43. The van der Waals surface area contributed by atoms with Crippen molar-refractivity contribution in [2.24, 2.45) is 0 Å². The fourth-order valence-corrected chi connectivity index (χ4v) is 6.53. The molecule has 1 atom stereocenters. The molecule has 236 valence electrons. The molecule has 0 radical (unpaired) electrons. The number of rotatable bonds is 11. The Labute approximate surface area is 277 Å². The van der Waals surface area contributed by atoms with E-state index < -0.39 is 29.7 Å². The van der Waals surface area contributed by atoms with E-state index in [9.17, 15) is 19.5 Å². The van der Waals surface area contributed by atoms with Crippen LogP contribution in [0.4, 0.5) is 4.79 Å². The van der Waals surface area contributed by atoms with Gasteiger partial charge in [-0.2, -0.15) is 0 Å². The highest BCUT2D eigenvalue weighted by atomic mass is 35.5. The molecule has 1 aliphatic rings. The number of alkyl carbamates (subject to hydrolysis) is 1. The minimum absolute atomic E-state index is 0.0259. The molecule has 1 aliphatic carbocycles. The normalized spacial score (nSPS) is 12.8. The van der Waals surface area contributed by atoms with Gasteiger partial charge in [-0.05, 0) is 34.7 Å². The van der Waals surface area contributed by atoms with Crippen LogP contribution < -0.4 is 5.32 Å². The van der Waals surface area contributed by atoms with Crippen molar-refractivity contribution in [1.29, 1.82) is 0 Å². The number of hydrogen-bond donors (Lipinski definition) is 2. The number of carbonyl (C=O) groups excluding carboxylic acids is 2. The first-order valence-electron chi connectivity index (χ1n) is 15.3. The molecular weight excluding hydrogens is 614 g/mol. The molecule has 1 amide bonds. The summed E-state index contributed by atoms with van der Waals surface area (Å²) in [6, 6.07) is 40.0. The van der Waals surface area contributed by atoms with Crippen LogP contribution in [0.15, 0.2) is 133 Å². The Morgan fingerprint density at radius 1 is 0.723 bits per heavy atom. The van der Waals surface area contributed by atoms with Crippen molar-refractivity contribution in [1.82, 2.24) is 5.32 Å². The van der Waals surface area contributed by atoms with Gasteiger partial charge in [-0.3, -0.25) is 4.79 Å². The third-order valence-corrected chi connectivity index (χ3v) is 8.76. The zero-order valence-corrected chi connectivity index (χ0v) is 26.1. The van der Waals surface area contributed by atoms with Gasteiger partial charge in [0.25, 0.3) is 0 Å². The highest BCUT2D eigenvalue weighted by molar-refractivity contribution is 6.31. The second kappa shape index (κ2) is 13.9. The molecule has 0 saturated carbocycles. The summed E-state index contributed by atoms with van der Waals surface area (Å²) in [6.45, 7) is 0.0259. The van der Waals surface area contributed by atoms with Gasteiger partial charge in [-0.25, -0.2) is 9.59 Å². The second-order valence-electron chi connectivity index (χ2n) is 11.3. The van der Waals surface area contributed by atoms with Gasteiger partial charge in [0.1, 0.15) is 12.6 Å². The average Bonchev–Trinajstić information content (AvgIpc) is 3.42. The van der Waals surface area contributed by atoms with Crippen molar-refractivity contribution < 1.29 is 29.0 Å². The van der Waals surface area contributed by atoms with E-state index in [0.29, 0.717) is 21.7 Å². The number of fused-ring (bicyclic) bond motifs is 3. The molecule has 7 nitrogen and oxygen atoms in total. The van der Waals surface area contributed by atoms with Gasteiger partial charge < -0.3 is 19.9 Å². The molecule has 0 spiro atoms. The van der Waals surface area contributed by atoms with Crippen LogP contribution in [0.1, 0.15) is 46.6 Å². The number of benzene rings is 5. The Balaban J connectivity index is 1.30. The van der Waals surface area contributed by atoms with Crippen molar-refractivity contribution in [2.75, 3.05) is 6.61 Å². The van der Waals surface area contributed by atoms with Crippen LogP contribution in [-0.2, 0) is 24.7 Å². The van der Waals surface area contributed by atoms with E-state index in [1.54, 1.807) is 24.3 Å². The number of amides is 1. The van der Waals surface area contributed by atoms with Gasteiger partial charge in [-0.15, -0.1) is 0 Å². The zero-order valence-electron chi connectivity index (χ0n) is 25.3. The molecule has 6 rings (SSSR count). The van der Waals surface area contributed by atoms with Crippen LogP contribution >= 0.6 is 11.6 Å². The topological polar surface area (TPSA) is 102 Å². The number of ether oxygens (including phenoxy) is 2. The number of carbonyl (C=O) groups is 3. The molecule has 0 saturated heterocycles. The van der Waals surface area contributed by atoms with Crippen molar-refractivity contribution in [2.45, 2.75) is 30.4 Å². The van der Waals surface area contributed by atoms with Crippen molar-refractivity contribution in [3.05, 3.63) is 166 Å². The molecule has 5 aromatic carbocycles. The van der Waals surface area contributed by atoms with E-state index in [0.717, 1.165) is 22.3 Å². The highest BCUT2D eigenvalue weighted by Crippen LogP contribution is 2.45. The molecule has 0 aromatic heterocycles. The number of halogens is 1. The molecule has 0 bridgehead atoms. The van der Waals surface area contributed by atoms with Gasteiger partial charge in [0.05, 0.1) is 0 Å². The van der Waals surface area contributed by atoms with Crippen LogP contribution in [0.2, 0.25) is 5.02 Å². The summed E-state index contributed by atoms with van der Waals surface area (Å²) in [6.07, 6.45) is -1.47. The number of hydrogen-bond acceptors (Lipinski definition) is 5. The lowest BCUT2D eigenvalue weighted by Crippen LogP contribution is -2.46. The molecule has 0 unspecified atom stereocenters. The van der Waals surface area contributed by atoms with Crippen molar-refractivity contribution in [3.63, 3.8) is 0 Å². The van der Waals surface area contributed by atoms with E-state index in [1.807, 2.05) is 109 Å². The summed E-state index contributed by atoms with van der Waals surface area (Å²) in [5, 5.41) is 12.5. The average molecular weight is 646 g/mol. The first-order chi connectivity index (χ1) is 22.9. The molecule has 0 heterocycles. The van der Waals surface area contributed by atoms with E-state index in [4.69, 9.17) is 21.1 Å². The predicted octanol–water partition coefficient (Wildman–Crippen LogP) is 7.95. The summed E-state index contributed by atoms with van der Waals surface area (Å²) in [5.41, 5.74) is 4.46. The Morgan fingerprint density at radius 2 is 1.23 bits per heavy atom. The number of esters is 1. The quantitative estimate of drug-likeness (QED) is 0.112. The summed E-state index contributed by atoms with van der Waals surface area (Å²) < 4.78 is 12.2. The molecular formula is C39H32ClNO6. The fraction of sp³-hybridized carbons (Fsp3) is 0.154. The van der Waals surface area contributed by atoms with Crippen molar-refractivity contribution >= 4 is 29.6 Å². The van der Waals surface area contributed by atoms with Crippen molar-refractivity contribution in [3.8, 4) is 11.1 Å². The summed E-state index contributed by atoms with van der Waals surface area (Å²) in [4.78, 5) is 39.1. The second-order valence-corrected chi connectivity index (χ2v) is 11.7. The van der Waals surface area contributed by atoms with E-state index in [-0.39, 0.29) is 25.4 Å². The minimum Gasteiger partial charge on any atom is -0.481 e. The van der Waals surface area contributed by atoms with Gasteiger partial charge >= 0.3 is 18.0 Å². The fourth-order valence-electron chi connectivity index (χ4n) is 6.26. The molecule has 5 aromatic rings. The van der Waals surface area contributed by atoms with Crippen LogP contribution in [-0.4, -0.2) is 35.8 Å². The van der Waals surface area contributed by atoms with Gasteiger partial charge in [0, 0.05) is 34.1 Å². The third-order valence-electron chi connectivity index (χ3n) is 8.43. The Bertz CT molecular complexity index is 1810. The molecule has 8 heteroatoms. The third kappa shape index (κ3) is 6.48. The van der Waals surface area contributed by atoms with Gasteiger partial charge in [-0.1, -0.05) is 139 Å². The number of nitrogens with one attached hydrogen (secondary N) is 1. The van der Waals surface area contributed by atoms with Crippen LogP contribution in [0.5, 0.6) is 0 Å². The molecule has 0 aliphatic heterocycles. The SMILES string of the molecule is O=C(O)CC[C@@H](NC(=O)OCC1c2ccccc2-c2ccccc21)C(=O)OC(c1ccccc1)(c1ccccc1)c1ccccc1Cl. The Kier molecular flexibility index (Phi) is 9.36. The number of carboxylic acids is 1. The Morgan fingerprint density at radius 3 is 1.79 bits per heavy atom. The zero-order chi connectivity index (χ0) is 32.8. The molecule has 2 N–H and O–H groups in total. The number of carboxylic acid groups (broad SMARTS) is 1. The maximum absolute atomic E-state index is 14.2. The minimum atomic E-state index is -1.53. The van der Waals surface area contributed by atoms with Crippen LogP contribution in [0, 0.1) is 0 Å². The van der Waals surface area contributed by atoms with E-state index in [2.05, 4.69) is 5.32 Å². The van der Waals surface area contributed by atoms with Gasteiger partial charge in [0.2, 0.25) is 0 Å². The first-order valence-corrected chi connectivity index (χ1v) is 15.7. The lowest BCUT2D eigenvalue weighted by Gasteiger charge is -2.37. The monoisotopic (exact) mass is 645 g/mol. The standard InChI is InChI=1S/C39H32ClNO6/c40-34-22-12-11-21-33(34)39(26-13-3-1-4-14-26,27-15-5-2-6-16-27)47-37(44)35(23-24-36(42)43)41-38(45)46-25-32-30-19-9-7-17-28(30)29-18-8-10-20-31(29)32/h1-22,32,35H,23-25H2,(H,41,45)(H,42,43)/t35-/m1/s1. The number of aliphatic carboxylic acids is 1. The van der Waals surface area contributed by atoms with E-state index >= 15 is 0 Å². The molecule has 47 heavy (non-hydrogen) atoms. The maximum atomic E-state index is 14.2. The molecule has 0 fully saturated rings. The summed E-state index contributed by atoms with van der Waals surface area (Å²) in [7, 11) is 0. The van der Waals surface area contributed by atoms with Crippen LogP contribution in [0.3, 0.4) is 0 Å². The summed E-state index contributed by atoms with van der Waals surface area (Å²) >= 11 is 6.77. The lowest BCUT2D eigenvalue weighted by molar-refractivity contribution is -0.156. The lowest BCUT2D eigenvalue weighted by atomic mass is 9.80. The van der Waals surface area contributed by atoms with Crippen LogP contribution in [0.25, 0.3) is 11.1 Å². The predicted molar refractivity (Wildman–Crippen MR) is 179 cm³/mol. The van der Waals surface area contributed by atoms with E-state index in [1.165, 1.54) is 0 Å². The maximum Gasteiger partial charge on any atom is 0.407 e.